The van der Waals surface area contributed by atoms with Crippen LogP contribution < -0.4 is 19.1 Å². The van der Waals surface area contributed by atoms with Crippen LogP contribution in [0.5, 0.6) is 11.5 Å². The minimum Gasteiger partial charge on any atom is -0.493 e. The Morgan fingerprint density at radius 2 is 1.46 bits per heavy atom. The molecule has 0 aliphatic rings. The molecule has 1 atom stereocenters. The summed E-state index contributed by atoms with van der Waals surface area (Å²) in [5.74, 6) is 0.405. The fourth-order valence-corrected chi connectivity index (χ4v) is 5.14. The first-order chi connectivity index (χ1) is 16.7. The van der Waals surface area contributed by atoms with E-state index in [0.717, 1.165) is 21.0 Å². The van der Waals surface area contributed by atoms with Crippen molar-refractivity contribution in [1.29, 1.82) is 0 Å². The molecule has 35 heavy (non-hydrogen) atoms. The Kier molecular flexibility index (Phi) is 8.40. The van der Waals surface area contributed by atoms with Gasteiger partial charge in [0.15, 0.2) is 11.5 Å². The SMILES string of the molecule is CCC(NC(=O)CN(c1ccc(OC)c(OC)c1)S(=O)(=O)c1ccc(C)cc1)c1ccc(C)cc1. The van der Waals surface area contributed by atoms with Gasteiger partial charge in [0.1, 0.15) is 6.54 Å². The van der Waals surface area contributed by atoms with E-state index in [2.05, 4.69) is 5.32 Å². The van der Waals surface area contributed by atoms with Crippen molar-refractivity contribution in [2.45, 2.75) is 38.1 Å². The number of carbonyl (C=O) groups is 1. The minimum absolute atomic E-state index is 0.0938. The van der Waals surface area contributed by atoms with Gasteiger partial charge in [0.05, 0.1) is 30.8 Å². The lowest BCUT2D eigenvalue weighted by molar-refractivity contribution is -0.120. The number of aryl methyl sites for hydroxylation is 2. The van der Waals surface area contributed by atoms with Crippen LogP contribution in [0.25, 0.3) is 0 Å². The van der Waals surface area contributed by atoms with Crippen LogP contribution in [0.2, 0.25) is 0 Å². The molecule has 0 aromatic heterocycles. The molecule has 3 rings (SSSR count). The number of rotatable bonds is 10. The van der Waals surface area contributed by atoms with Crippen molar-refractivity contribution in [2.24, 2.45) is 0 Å². The number of hydrogen-bond donors (Lipinski definition) is 1. The third-order valence-corrected chi connectivity index (χ3v) is 7.56. The van der Waals surface area contributed by atoms with Crippen LogP contribution in [0.15, 0.2) is 71.6 Å². The molecule has 0 fully saturated rings. The molecule has 1 N–H and O–H groups in total. The van der Waals surface area contributed by atoms with Gasteiger partial charge in [0.25, 0.3) is 10.0 Å². The van der Waals surface area contributed by atoms with Gasteiger partial charge in [-0.05, 0) is 50.1 Å². The third kappa shape index (κ3) is 6.14. The zero-order valence-electron chi connectivity index (χ0n) is 20.7. The normalized spacial score (nSPS) is 12.0. The summed E-state index contributed by atoms with van der Waals surface area (Å²) in [4.78, 5) is 13.3. The van der Waals surface area contributed by atoms with Gasteiger partial charge in [0.2, 0.25) is 5.91 Å². The summed E-state index contributed by atoms with van der Waals surface area (Å²) in [5, 5.41) is 2.99. The Labute approximate surface area is 207 Å². The van der Waals surface area contributed by atoms with Gasteiger partial charge in [-0.3, -0.25) is 9.10 Å². The van der Waals surface area contributed by atoms with Crippen LogP contribution in [0.1, 0.15) is 36.1 Å². The number of carbonyl (C=O) groups excluding carboxylic acids is 1. The number of nitrogens with one attached hydrogen (secondary N) is 1. The van der Waals surface area contributed by atoms with E-state index in [9.17, 15) is 13.2 Å². The van der Waals surface area contributed by atoms with Crippen molar-refractivity contribution < 1.29 is 22.7 Å². The molecular formula is C27H32N2O5S. The third-order valence-electron chi connectivity index (χ3n) is 5.77. The van der Waals surface area contributed by atoms with E-state index in [1.54, 1.807) is 30.3 Å². The molecule has 0 saturated carbocycles. The maximum absolute atomic E-state index is 13.7. The lowest BCUT2D eigenvalue weighted by atomic mass is 10.0. The van der Waals surface area contributed by atoms with E-state index < -0.39 is 22.5 Å². The van der Waals surface area contributed by atoms with Gasteiger partial charge >= 0.3 is 0 Å². The Hall–Kier alpha value is -3.52. The van der Waals surface area contributed by atoms with Crippen molar-refractivity contribution in [2.75, 3.05) is 25.1 Å². The number of nitrogens with zero attached hydrogens (tertiary/aromatic N) is 1. The van der Waals surface area contributed by atoms with E-state index in [1.165, 1.54) is 26.4 Å². The number of sulfonamides is 1. The largest absolute Gasteiger partial charge is 0.493 e. The van der Waals surface area contributed by atoms with Gasteiger partial charge in [-0.2, -0.15) is 0 Å². The molecule has 0 saturated heterocycles. The van der Waals surface area contributed by atoms with Crippen LogP contribution in [0.3, 0.4) is 0 Å². The van der Waals surface area contributed by atoms with Crippen molar-refractivity contribution in [3.05, 3.63) is 83.4 Å². The van der Waals surface area contributed by atoms with E-state index in [0.29, 0.717) is 23.6 Å². The highest BCUT2D eigenvalue weighted by Gasteiger charge is 2.29. The fraction of sp³-hybridized carbons (Fsp3) is 0.296. The van der Waals surface area contributed by atoms with Gasteiger partial charge in [-0.1, -0.05) is 54.4 Å². The lowest BCUT2D eigenvalue weighted by Gasteiger charge is -2.26. The lowest BCUT2D eigenvalue weighted by Crippen LogP contribution is -2.42. The smallest absolute Gasteiger partial charge is 0.264 e. The predicted molar refractivity (Wildman–Crippen MR) is 138 cm³/mol. The average Bonchev–Trinajstić information content (AvgIpc) is 2.86. The zero-order valence-corrected chi connectivity index (χ0v) is 21.6. The maximum Gasteiger partial charge on any atom is 0.264 e. The Morgan fingerprint density at radius 3 is 2.00 bits per heavy atom. The van der Waals surface area contributed by atoms with Gasteiger partial charge in [-0.25, -0.2) is 8.42 Å². The van der Waals surface area contributed by atoms with Crippen molar-refractivity contribution in [3.8, 4) is 11.5 Å². The topological polar surface area (TPSA) is 84.9 Å². The molecule has 7 nitrogen and oxygen atoms in total. The second-order valence-electron chi connectivity index (χ2n) is 8.30. The molecule has 0 aliphatic carbocycles. The summed E-state index contributed by atoms with van der Waals surface area (Å²) >= 11 is 0. The first-order valence-corrected chi connectivity index (χ1v) is 12.8. The molecule has 3 aromatic carbocycles. The van der Waals surface area contributed by atoms with Gasteiger partial charge in [0, 0.05) is 6.07 Å². The second-order valence-corrected chi connectivity index (χ2v) is 10.2. The molecule has 8 heteroatoms. The van der Waals surface area contributed by atoms with Crippen molar-refractivity contribution >= 4 is 21.6 Å². The van der Waals surface area contributed by atoms with Crippen LogP contribution in [-0.2, 0) is 14.8 Å². The molecule has 0 radical (unpaired) electrons. The second kappa shape index (κ2) is 11.3. The number of anilines is 1. The summed E-state index contributed by atoms with van der Waals surface area (Å²) < 4.78 is 39.1. The van der Waals surface area contributed by atoms with E-state index in [1.807, 2.05) is 45.0 Å². The average molecular weight is 497 g/mol. The molecule has 0 bridgehead atoms. The summed E-state index contributed by atoms with van der Waals surface area (Å²) in [6.07, 6.45) is 0.663. The monoisotopic (exact) mass is 496 g/mol. The molecule has 3 aromatic rings. The van der Waals surface area contributed by atoms with Gasteiger partial charge in [-0.15, -0.1) is 0 Å². The van der Waals surface area contributed by atoms with Crippen molar-refractivity contribution in [1.82, 2.24) is 5.32 Å². The summed E-state index contributed by atoms with van der Waals surface area (Å²) in [5.41, 5.74) is 3.31. The molecule has 186 valence electrons. The quantitative estimate of drug-likeness (QED) is 0.437. The van der Waals surface area contributed by atoms with Gasteiger partial charge < -0.3 is 14.8 Å². The van der Waals surface area contributed by atoms with E-state index in [-0.39, 0.29) is 10.9 Å². The van der Waals surface area contributed by atoms with Crippen LogP contribution >= 0.6 is 0 Å². The number of methoxy groups -OCH3 is 2. The fourth-order valence-electron chi connectivity index (χ4n) is 3.72. The molecular weight excluding hydrogens is 464 g/mol. The Bertz CT molecular complexity index is 1260. The molecule has 0 heterocycles. The number of hydrogen-bond acceptors (Lipinski definition) is 5. The number of ether oxygens (including phenoxy) is 2. The van der Waals surface area contributed by atoms with Crippen molar-refractivity contribution in [3.63, 3.8) is 0 Å². The highest BCUT2D eigenvalue weighted by molar-refractivity contribution is 7.92. The minimum atomic E-state index is -4.05. The number of benzene rings is 3. The van der Waals surface area contributed by atoms with Crippen LogP contribution in [-0.4, -0.2) is 35.1 Å². The molecule has 1 unspecified atom stereocenters. The predicted octanol–water partition coefficient (Wildman–Crippen LogP) is 4.78. The Morgan fingerprint density at radius 1 is 0.886 bits per heavy atom. The summed E-state index contributed by atoms with van der Waals surface area (Å²) in [7, 11) is -1.07. The molecule has 1 amide bonds. The first kappa shape index (κ1) is 26.1. The number of amides is 1. The van der Waals surface area contributed by atoms with E-state index in [4.69, 9.17) is 9.47 Å². The summed E-state index contributed by atoms with van der Waals surface area (Å²) in [6, 6.07) is 19.0. The van der Waals surface area contributed by atoms with Crippen LogP contribution in [0.4, 0.5) is 5.69 Å². The summed E-state index contributed by atoms with van der Waals surface area (Å²) in [6.45, 7) is 5.46. The molecule has 0 spiro atoms. The Balaban J connectivity index is 1.97. The maximum atomic E-state index is 13.7. The zero-order chi connectivity index (χ0) is 25.6. The van der Waals surface area contributed by atoms with E-state index >= 15 is 0 Å². The standard InChI is InChI=1S/C27H32N2O5S/c1-6-24(21-11-7-19(2)8-12-21)28-27(30)18-29(22-13-16-25(33-4)26(17-22)34-5)35(31,32)23-14-9-20(3)10-15-23/h7-17,24H,6,18H2,1-5H3,(H,28,30). The van der Waals surface area contributed by atoms with Crippen LogP contribution in [0, 0.1) is 13.8 Å². The molecule has 0 aliphatic heterocycles. The first-order valence-electron chi connectivity index (χ1n) is 11.4. The highest BCUT2D eigenvalue weighted by Crippen LogP contribution is 2.34. The highest BCUT2D eigenvalue weighted by atomic mass is 32.2.